The van der Waals surface area contributed by atoms with E-state index in [4.69, 9.17) is 11.6 Å². The van der Waals surface area contributed by atoms with Crippen LogP contribution < -0.4 is 0 Å². The van der Waals surface area contributed by atoms with Gasteiger partial charge in [0.25, 0.3) is 5.69 Å². The van der Waals surface area contributed by atoms with Crippen LogP contribution in [0.1, 0.15) is 10.6 Å². The van der Waals surface area contributed by atoms with Crippen molar-refractivity contribution in [2.24, 2.45) is 0 Å². The Bertz CT molecular complexity index is 858. The third-order valence-corrected chi connectivity index (χ3v) is 4.10. The molecule has 21 heavy (non-hydrogen) atoms. The van der Waals surface area contributed by atoms with Crippen molar-refractivity contribution >= 4 is 51.0 Å². The van der Waals surface area contributed by atoms with Gasteiger partial charge in [-0.1, -0.05) is 29.8 Å². The molecule has 0 fully saturated rings. The molecule has 0 saturated heterocycles. The summed E-state index contributed by atoms with van der Waals surface area (Å²) in [6.07, 6.45) is 3.79. The third kappa shape index (κ3) is 3.09. The summed E-state index contributed by atoms with van der Waals surface area (Å²) in [4.78, 5) is 14.7. The first-order valence-corrected chi connectivity index (χ1v) is 7.30. The molecule has 3 aromatic rings. The largest absolute Gasteiger partial charge is 0.271 e. The van der Waals surface area contributed by atoms with Gasteiger partial charge in [-0.2, -0.15) is 0 Å². The van der Waals surface area contributed by atoms with Gasteiger partial charge in [0.1, 0.15) is 5.01 Å². The van der Waals surface area contributed by atoms with Gasteiger partial charge >= 0.3 is 0 Å². The van der Waals surface area contributed by atoms with Gasteiger partial charge in [0.05, 0.1) is 15.1 Å². The van der Waals surface area contributed by atoms with Gasteiger partial charge in [-0.05, 0) is 29.8 Å². The average Bonchev–Trinajstić information content (AvgIpc) is 2.87. The summed E-state index contributed by atoms with van der Waals surface area (Å²) in [5, 5.41) is 12.2. The summed E-state index contributed by atoms with van der Waals surface area (Å²) in [7, 11) is 0. The highest BCUT2D eigenvalue weighted by Gasteiger charge is 2.09. The van der Waals surface area contributed by atoms with E-state index >= 15 is 0 Å². The highest BCUT2D eigenvalue weighted by atomic mass is 35.5. The Kier molecular flexibility index (Phi) is 3.68. The number of thiazole rings is 1. The first-order valence-electron chi connectivity index (χ1n) is 6.10. The molecule has 0 aliphatic carbocycles. The summed E-state index contributed by atoms with van der Waals surface area (Å²) < 4.78 is 0.923. The number of fused-ring (bicyclic) bond motifs is 1. The van der Waals surface area contributed by atoms with E-state index in [9.17, 15) is 10.1 Å². The van der Waals surface area contributed by atoms with Crippen LogP contribution in [-0.4, -0.2) is 9.91 Å². The van der Waals surface area contributed by atoms with Crippen molar-refractivity contribution in [3.63, 3.8) is 0 Å². The topological polar surface area (TPSA) is 56.0 Å². The first-order chi connectivity index (χ1) is 10.1. The molecule has 4 nitrogen and oxygen atoms in total. The molecule has 6 heteroatoms. The summed E-state index contributed by atoms with van der Waals surface area (Å²) >= 11 is 7.41. The fourth-order valence-electron chi connectivity index (χ4n) is 1.90. The minimum atomic E-state index is -0.416. The molecule has 104 valence electrons. The van der Waals surface area contributed by atoms with Crippen LogP contribution >= 0.6 is 22.9 Å². The number of aromatic nitrogens is 1. The van der Waals surface area contributed by atoms with Crippen LogP contribution in [0.3, 0.4) is 0 Å². The molecule has 3 rings (SSSR count). The smallest absolute Gasteiger partial charge is 0.258 e. The number of benzene rings is 2. The van der Waals surface area contributed by atoms with E-state index in [0.717, 1.165) is 15.3 Å². The van der Waals surface area contributed by atoms with Crippen LogP contribution in [0.2, 0.25) is 5.02 Å². The minimum absolute atomic E-state index is 0.0539. The lowest BCUT2D eigenvalue weighted by Gasteiger charge is -1.92. The monoisotopic (exact) mass is 316 g/mol. The summed E-state index contributed by atoms with van der Waals surface area (Å²) in [5.41, 5.74) is 1.67. The zero-order chi connectivity index (χ0) is 14.8. The minimum Gasteiger partial charge on any atom is -0.258 e. The Morgan fingerprint density at radius 2 is 2.05 bits per heavy atom. The highest BCUT2D eigenvalue weighted by Crippen LogP contribution is 2.27. The number of non-ortho nitro benzene ring substituents is 1. The number of nitrogens with zero attached hydrogens (tertiary/aromatic N) is 2. The predicted molar refractivity (Wildman–Crippen MR) is 86.7 cm³/mol. The van der Waals surface area contributed by atoms with Gasteiger partial charge in [0.2, 0.25) is 0 Å². The maximum atomic E-state index is 10.7. The molecule has 0 atom stereocenters. The standard InChI is InChI=1S/C15H9ClN2O2S/c16-11-3-1-2-10(8-11)4-7-15-17-13-9-12(18(19)20)5-6-14(13)21-15/h1-9H/b7-4+. The Morgan fingerprint density at radius 3 is 2.81 bits per heavy atom. The van der Waals surface area contributed by atoms with Crippen LogP contribution in [0, 0.1) is 10.1 Å². The van der Waals surface area contributed by atoms with Gasteiger partial charge in [0, 0.05) is 17.2 Å². The lowest BCUT2D eigenvalue weighted by molar-refractivity contribution is -0.384. The maximum Gasteiger partial charge on any atom is 0.271 e. The Morgan fingerprint density at radius 1 is 1.19 bits per heavy atom. The number of rotatable bonds is 3. The molecular weight excluding hydrogens is 308 g/mol. The lowest BCUT2D eigenvalue weighted by atomic mass is 10.2. The van der Waals surface area contributed by atoms with Gasteiger partial charge in [-0.3, -0.25) is 10.1 Å². The average molecular weight is 317 g/mol. The molecule has 2 aromatic carbocycles. The highest BCUT2D eigenvalue weighted by molar-refractivity contribution is 7.19. The van der Waals surface area contributed by atoms with Crippen LogP contribution in [-0.2, 0) is 0 Å². The first kappa shape index (κ1) is 13.7. The van der Waals surface area contributed by atoms with Crippen molar-refractivity contribution < 1.29 is 4.92 Å². The van der Waals surface area contributed by atoms with E-state index in [1.165, 1.54) is 23.5 Å². The second-order valence-electron chi connectivity index (χ2n) is 4.35. The van der Waals surface area contributed by atoms with Gasteiger partial charge in [-0.25, -0.2) is 4.98 Å². The van der Waals surface area contributed by atoms with Crippen LogP contribution in [0.4, 0.5) is 5.69 Å². The van der Waals surface area contributed by atoms with E-state index in [2.05, 4.69) is 4.98 Å². The third-order valence-electron chi connectivity index (χ3n) is 2.87. The maximum absolute atomic E-state index is 10.7. The van der Waals surface area contributed by atoms with Gasteiger partial charge in [-0.15, -0.1) is 11.3 Å². The zero-order valence-corrected chi connectivity index (χ0v) is 12.3. The predicted octanol–water partition coefficient (Wildman–Crippen LogP) is 5.03. The molecule has 0 unspecified atom stereocenters. The number of halogens is 1. The van der Waals surface area contributed by atoms with Crippen molar-refractivity contribution in [1.82, 2.24) is 4.98 Å². The molecule has 0 N–H and O–H groups in total. The molecular formula is C15H9ClN2O2S. The zero-order valence-electron chi connectivity index (χ0n) is 10.7. The molecule has 0 radical (unpaired) electrons. The second kappa shape index (κ2) is 5.63. The Labute approximate surface area is 129 Å². The van der Waals surface area contributed by atoms with Gasteiger partial charge < -0.3 is 0 Å². The number of hydrogen-bond acceptors (Lipinski definition) is 4. The summed E-state index contributed by atoms with van der Waals surface area (Å²) in [5.74, 6) is 0. The molecule has 1 aromatic heterocycles. The fraction of sp³-hybridized carbons (Fsp3) is 0. The quantitative estimate of drug-likeness (QED) is 0.503. The normalized spacial score (nSPS) is 11.3. The van der Waals surface area contributed by atoms with Crippen LogP contribution in [0.25, 0.3) is 22.4 Å². The molecule has 0 saturated carbocycles. The van der Waals surface area contributed by atoms with Crippen molar-refractivity contribution in [2.45, 2.75) is 0 Å². The Hall–Kier alpha value is -2.24. The fourth-order valence-corrected chi connectivity index (χ4v) is 2.95. The number of nitro groups is 1. The second-order valence-corrected chi connectivity index (χ2v) is 5.85. The summed E-state index contributed by atoms with van der Waals surface area (Å²) in [6, 6.07) is 12.2. The SMILES string of the molecule is O=[N+]([O-])c1ccc2sc(/C=C/c3cccc(Cl)c3)nc2c1. The van der Waals surface area contributed by atoms with Gasteiger partial charge in [0.15, 0.2) is 0 Å². The number of nitro benzene ring substituents is 1. The van der Waals surface area contributed by atoms with Crippen molar-refractivity contribution in [2.75, 3.05) is 0 Å². The summed E-state index contributed by atoms with van der Waals surface area (Å²) in [6.45, 7) is 0. The van der Waals surface area contributed by atoms with Crippen LogP contribution in [0.15, 0.2) is 42.5 Å². The van der Waals surface area contributed by atoms with Crippen molar-refractivity contribution in [3.8, 4) is 0 Å². The van der Waals surface area contributed by atoms with Crippen molar-refractivity contribution in [3.05, 3.63) is 68.2 Å². The van der Waals surface area contributed by atoms with Crippen LogP contribution in [0.5, 0.6) is 0 Å². The van der Waals surface area contributed by atoms with E-state index < -0.39 is 4.92 Å². The molecule has 0 spiro atoms. The van der Waals surface area contributed by atoms with E-state index in [0.29, 0.717) is 10.5 Å². The van der Waals surface area contributed by atoms with E-state index in [1.54, 1.807) is 6.07 Å². The molecule has 0 aliphatic rings. The Balaban J connectivity index is 1.92. The molecule has 0 bridgehead atoms. The molecule has 0 aliphatic heterocycles. The lowest BCUT2D eigenvalue weighted by Crippen LogP contribution is -1.86. The number of hydrogen-bond donors (Lipinski definition) is 0. The van der Waals surface area contributed by atoms with Crippen molar-refractivity contribution in [1.29, 1.82) is 0 Å². The van der Waals surface area contributed by atoms with E-state index in [-0.39, 0.29) is 5.69 Å². The van der Waals surface area contributed by atoms with E-state index in [1.807, 2.05) is 36.4 Å². The molecule has 0 amide bonds. The molecule has 1 heterocycles.